The Kier molecular flexibility index (Phi) is 4.97. The van der Waals surface area contributed by atoms with Crippen LogP contribution in [0.4, 0.5) is 10.8 Å². The van der Waals surface area contributed by atoms with Crippen molar-refractivity contribution in [2.45, 2.75) is 32.5 Å². The minimum absolute atomic E-state index is 0.403. The maximum atomic E-state index is 8.94. The van der Waals surface area contributed by atoms with Crippen molar-refractivity contribution in [3.63, 3.8) is 0 Å². The quantitative estimate of drug-likeness (QED) is 0.610. The second-order valence-corrected chi connectivity index (χ2v) is 7.57. The van der Waals surface area contributed by atoms with Gasteiger partial charge in [0.05, 0.1) is 19.3 Å². The molecule has 0 saturated heterocycles. The van der Waals surface area contributed by atoms with E-state index in [1.54, 1.807) is 4.68 Å². The Morgan fingerprint density at radius 2 is 2.35 bits per heavy atom. The predicted molar refractivity (Wildman–Crippen MR) is 95.8 cm³/mol. The zero-order valence-corrected chi connectivity index (χ0v) is 15.0. The Labute approximate surface area is 149 Å². The number of anilines is 2. The molecular formula is C15H16ClN5S2. The van der Waals surface area contributed by atoms with Crippen LogP contribution < -0.4 is 5.32 Å². The number of rotatable bonds is 6. The fourth-order valence-corrected chi connectivity index (χ4v) is 3.43. The smallest absolute Gasteiger partial charge is 0.209 e. The lowest BCUT2D eigenvalue weighted by Gasteiger charge is -2.17. The number of nitriles is 1. The molecular weight excluding hydrogens is 350 g/mol. The minimum Gasteiger partial charge on any atom is -0.330 e. The first-order chi connectivity index (χ1) is 11.1. The maximum absolute atomic E-state index is 8.94. The van der Waals surface area contributed by atoms with Crippen LogP contribution in [0.2, 0.25) is 5.02 Å². The monoisotopic (exact) mass is 365 g/mol. The van der Waals surface area contributed by atoms with Gasteiger partial charge in [-0.05, 0) is 49.7 Å². The van der Waals surface area contributed by atoms with Gasteiger partial charge >= 0.3 is 0 Å². The van der Waals surface area contributed by atoms with E-state index in [2.05, 4.69) is 21.4 Å². The summed E-state index contributed by atoms with van der Waals surface area (Å²) in [6, 6.07) is 8.50. The summed E-state index contributed by atoms with van der Waals surface area (Å²) in [5.41, 5.74) is 1.92. The van der Waals surface area contributed by atoms with Gasteiger partial charge in [0.25, 0.3) is 0 Å². The second-order valence-electron chi connectivity index (χ2n) is 5.54. The lowest BCUT2D eigenvalue weighted by atomic mass is 10.2. The fraction of sp³-hybridized carbons (Fsp3) is 0.400. The number of halogens is 1. The molecule has 120 valence electrons. The molecule has 1 fully saturated rings. The highest BCUT2D eigenvalue weighted by atomic mass is 35.5. The third-order valence-corrected chi connectivity index (χ3v) is 5.31. The first-order valence-electron chi connectivity index (χ1n) is 7.29. The Bertz CT molecular complexity index is 803. The van der Waals surface area contributed by atoms with E-state index >= 15 is 0 Å². The highest BCUT2D eigenvalue weighted by molar-refractivity contribution is 7.73. The second kappa shape index (κ2) is 6.97. The summed E-state index contributed by atoms with van der Waals surface area (Å²) in [5.74, 6) is 0. The van der Waals surface area contributed by atoms with E-state index in [0.717, 1.165) is 29.2 Å². The predicted octanol–water partition coefficient (Wildman–Crippen LogP) is 4.32. The summed E-state index contributed by atoms with van der Waals surface area (Å²) in [6.07, 6.45) is 2.29. The molecule has 1 aromatic carbocycles. The number of hydrogen-bond donors (Lipinski definition) is 1. The summed E-state index contributed by atoms with van der Waals surface area (Å²) in [4.78, 5) is 2.11. The van der Waals surface area contributed by atoms with Crippen LogP contribution in [-0.4, -0.2) is 27.3 Å². The average Bonchev–Trinajstić information content (AvgIpc) is 3.29. The lowest BCUT2D eigenvalue weighted by Crippen LogP contribution is -2.29. The summed E-state index contributed by atoms with van der Waals surface area (Å²) >= 11 is 12.9. The normalized spacial score (nSPS) is 14.0. The molecule has 0 radical (unpaired) electrons. The van der Waals surface area contributed by atoms with Crippen molar-refractivity contribution in [2.24, 2.45) is 0 Å². The molecule has 2 aromatic rings. The summed E-state index contributed by atoms with van der Waals surface area (Å²) in [6.45, 7) is 2.93. The van der Waals surface area contributed by atoms with Gasteiger partial charge in [-0.2, -0.15) is 5.26 Å². The lowest BCUT2D eigenvalue weighted by molar-refractivity contribution is 0.221. The minimum atomic E-state index is 0.403. The molecule has 1 N–H and O–H groups in total. The van der Waals surface area contributed by atoms with Gasteiger partial charge in [-0.15, -0.1) is 5.10 Å². The largest absolute Gasteiger partial charge is 0.330 e. The molecule has 1 aliphatic carbocycles. The molecule has 1 saturated carbocycles. The molecule has 23 heavy (non-hydrogen) atoms. The first kappa shape index (κ1) is 16.4. The maximum Gasteiger partial charge on any atom is 0.209 e. The molecule has 8 heteroatoms. The van der Waals surface area contributed by atoms with Crippen molar-refractivity contribution in [1.82, 2.24) is 14.7 Å². The molecule has 1 heterocycles. The van der Waals surface area contributed by atoms with Crippen LogP contribution >= 0.6 is 35.2 Å². The average molecular weight is 366 g/mol. The molecule has 0 amide bonds. The van der Waals surface area contributed by atoms with Crippen LogP contribution in [0.5, 0.6) is 0 Å². The van der Waals surface area contributed by atoms with Crippen molar-refractivity contribution in [3.8, 4) is 6.07 Å². The van der Waals surface area contributed by atoms with Gasteiger partial charge in [-0.25, -0.2) is 4.68 Å². The zero-order chi connectivity index (χ0) is 16.4. The summed E-state index contributed by atoms with van der Waals surface area (Å²) < 4.78 is 2.46. The molecule has 0 bridgehead atoms. The van der Waals surface area contributed by atoms with E-state index in [0.29, 0.717) is 28.2 Å². The van der Waals surface area contributed by atoms with Gasteiger partial charge in [0.1, 0.15) is 0 Å². The number of aryl methyl sites for hydroxylation is 1. The van der Waals surface area contributed by atoms with Crippen LogP contribution in [-0.2, 0) is 6.67 Å². The Morgan fingerprint density at radius 3 is 3.00 bits per heavy atom. The number of benzene rings is 1. The Balaban J connectivity index is 1.73. The molecule has 0 aliphatic heterocycles. The molecule has 1 aromatic heterocycles. The van der Waals surface area contributed by atoms with Crippen molar-refractivity contribution in [2.75, 3.05) is 11.9 Å². The highest BCUT2D eigenvalue weighted by Crippen LogP contribution is 2.28. The topological polar surface area (TPSA) is 56.9 Å². The highest BCUT2D eigenvalue weighted by Gasteiger charge is 2.29. The van der Waals surface area contributed by atoms with E-state index in [1.807, 2.05) is 25.1 Å². The number of nitrogens with one attached hydrogen (secondary N) is 1. The molecule has 1 aliphatic rings. The zero-order valence-electron chi connectivity index (χ0n) is 12.6. The number of aromatic nitrogens is 2. The molecule has 0 atom stereocenters. The molecule has 0 spiro atoms. The van der Waals surface area contributed by atoms with Gasteiger partial charge in [0.15, 0.2) is 3.95 Å². The number of nitrogens with zero attached hydrogens (tertiary/aromatic N) is 4. The van der Waals surface area contributed by atoms with Crippen molar-refractivity contribution in [1.29, 1.82) is 5.26 Å². The molecule has 0 unspecified atom stereocenters. The SMILES string of the molecule is Cc1ccc(Nc2nn(CN(CC#N)C3CC3)c(=S)s2)cc1Cl. The van der Waals surface area contributed by atoms with Crippen molar-refractivity contribution >= 4 is 46.0 Å². The van der Waals surface area contributed by atoms with Gasteiger partial charge in [0, 0.05) is 16.8 Å². The van der Waals surface area contributed by atoms with Crippen LogP contribution in [0.15, 0.2) is 18.2 Å². The Morgan fingerprint density at radius 1 is 1.57 bits per heavy atom. The van der Waals surface area contributed by atoms with Gasteiger partial charge in [-0.3, -0.25) is 4.90 Å². The molecule has 5 nitrogen and oxygen atoms in total. The van der Waals surface area contributed by atoms with Crippen molar-refractivity contribution in [3.05, 3.63) is 32.7 Å². The van der Waals surface area contributed by atoms with Gasteiger partial charge in [0.2, 0.25) is 5.13 Å². The van der Waals surface area contributed by atoms with E-state index in [-0.39, 0.29) is 0 Å². The van der Waals surface area contributed by atoms with Gasteiger partial charge in [-0.1, -0.05) is 29.0 Å². The third-order valence-electron chi connectivity index (χ3n) is 3.68. The van der Waals surface area contributed by atoms with Crippen molar-refractivity contribution < 1.29 is 0 Å². The summed E-state index contributed by atoms with van der Waals surface area (Å²) in [7, 11) is 0. The van der Waals surface area contributed by atoms with E-state index in [4.69, 9.17) is 29.1 Å². The van der Waals surface area contributed by atoms with E-state index < -0.39 is 0 Å². The third kappa shape index (κ3) is 4.09. The van der Waals surface area contributed by atoms with Crippen LogP contribution in [0, 0.1) is 22.2 Å². The van der Waals surface area contributed by atoms with Crippen LogP contribution in [0.25, 0.3) is 0 Å². The number of hydrogen-bond acceptors (Lipinski definition) is 6. The van der Waals surface area contributed by atoms with E-state index in [1.165, 1.54) is 11.3 Å². The summed E-state index contributed by atoms with van der Waals surface area (Å²) in [5, 5.41) is 18.1. The van der Waals surface area contributed by atoms with E-state index in [9.17, 15) is 0 Å². The van der Waals surface area contributed by atoms with Gasteiger partial charge < -0.3 is 5.32 Å². The first-order valence-corrected chi connectivity index (χ1v) is 8.89. The van der Waals surface area contributed by atoms with Crippen LogP contribution in [0.1, 0.15) is 18.4 Å². The Hall–Kier alpha value is -1.46. The van der Waals surface area contributed by atoms with Crippen LogP contribution in [0.3, 0.4) is 0 Å². The fourth-order valence-electron chi connectivity index (χ4n) is 2.24. The standard InChI is InChI=1S/C15H16ClN5S2/c1-10-2-3-11(8-13(10)16)18-14-19-21(15(22)23-14)9-20(7-6-17)12-4-5-12/h2-3,8,12H,4-5,7,9H2,1H3,(H,18,19). The molecule has 3 rings (SSSR count).